The number of benzene rings is 1. The lowest BCUT2D eigenvalue weighted by molar-refractivity contribution is 0.580. The summed E-state index contributed by atoms with van der Waals surface area (Å²) in [4.78, 5) is 4.07. The standard InChI is InChI=1S/C13H15F2N3.C3H8.C2H6/c1-7(2)10-8(14)6-9(16)12(15)11(10)13-17-4-5-18(13)3;1-3-2;1-2/h4-7H,16H2,1-3H3;3H2,1-2H3;1-2H3. The lowest BCUT2D eigenvalue weighted by Crippen LogP contribution is -2.07. The number of anilines is 1. The second-order valence-electron chi connectivity index (χ2n) is 5.27. The zero-order valence-electron chi connectivity index (χ0n) is 15.2. The normalized spacial score (nSPS) is 9.83. The summed E-state index contributed by atoms with van der Waals surface area (Å²) in [6.07, 6.45) is 4.47. The SMILES string of the molecule is CC.CC(C)c1c(F)cc(N)c(F)c1-c1nccn1C.CCC. The molecule has 0 fully saturated rings. The first-order valence-corrected chi connectivity index (χ1v) is 8.10. The summed E-state index contributed by atoms with van der Waals surface area (Å²) < 4.78 is 29.8. The van der Waals surface area contributed by atoms with Gasteiger partial charge in [0.1, 0.15) is 11.6 Å². The third kappa shape index (κ3) is 5.05. The molecule has 0 unspecified atom stereocenters. The Morgan fingerprint density at radius 2 is 1.74 bits per heavy atom. The van der Waals surface area contributed by atoms with Crippen molar-refractivity contribution < 1.29 is 8.78 Å². The predicted molar refractivity (Wildman–Crippen MR) is 94.4 cm³/mol. The highest BCUT2D eigenvalue weighted by atomic mass is 19.1. The number of nitrogens with two attached hydrogens (primary N) is 1. The zero-order chi connectivity index (χ0) is 18.2. The number of halogens is 2. The summed E-state index contributed by atoms with van der Waals surface area (Å²) in [7, 11) is 1.73. The van der Waals surface area contributed by atoms with Gasteiger partial charge in [-0.15, -0.1) is 0 Å². The number of aryl methyl sites for hydroxylation is 1. The summed E-state index contributed by atoms with van der Waals surface area (Å²) in [5.41, 5.74) is 5.75. The van der Waals surface area contributed by atoms with E-state index < -0.39 is 11.6 Å². The fraction of sp³-hybridized carbons (Fsp3) is 0.500. The largest absolute Gasteiger partial charge is 0.396 e. The van der Waals surface area contributed by atoms with Crippen LogP contribution in [0.2, 0.25) is 0 Å². The molecule has 0 aliphatic heterocycles. The van der Waals surface area contributed by atoms with Gasteiger partial charge in [-0.2, -0.15) is 0 Å². The van der Waals surface area contributed by atoms with Crippen molar-refractivity contribution in [3.05, 3.63) is 35.7 Å². The Labute approximate surface area is 138 Å². The second-order valence-corrected chi connectivity index (χ2v) is 5.27. The minimum atomic E-state index is -0.616. The van der Waals surface area contributed by atoms with Crippen molar-refractivity contribution in [1.29, 1.82) is 0 Å². The maximum atomic E-state index is 14.2. The summed E-state index contributed by atoms with van der Waals surface area (Å²) in [6.45, 7) is 11.9. The molecule has 0 atom stereocenters. The molecule has 3 nitrogen and oxygen atoms in total. The zero-order valence-corrected chi connectivity index (χ0v) is 15.2. The molecule has 0 amide bonds. The van der Waals surface area contributed by atoms with Crippen LogP contribution in [0.3, 0.4) is 0 Å². The number of hydrogen-bond donors (Lipinski definition) is 1. The van der Waals surface area contributed by atoms with Crippen LogP contribution in [-0.2, 0) is 7.05 Å². The van der Waals surface area contributed by atoms with E-state index in [2.05, 4.69) is 18.8 Å². The van der Waals surface area contributed by atoms with Gasteiger partial charge in [0.05, 0.1) is 11.3 Å². The van der Waals surface area contributed by atoms with Gasteiger partial charge in [0.2, 0.25) is 0 Å². The van der Waals surface area contributed by atoms with Gasteiger partial charge in [-0.25, -0.2) is 13.8 Å². The number of nitrogens with zero attached hydrogens (tertiary/aromatic N) is 2. The highest BCUT2D eigenvalue weighted by Gasteiger charge is 2.23. The van der Waals surface area contributed by atoms with E-state index in [1.54, 1.807) is 37.9 Å². The molecule has 0 bridgehead atoms. The minimum absolute atomic E-state index is 0.148. The predicted octanol–water partition coefficient (Wildman–Crippen LogP) is 5.51. The Hall–Kier alpha value is -1.91. The van der Waals surface area contributed by atoms with E-state index in [1.807, 2.05) is 13.8 Å². The number of nitrogen functional groups attached to an aromatic ring is 1. The van der Waals surface area contributed by atoms with Gasteiger partial charge in [-0.05, 0) is 5.92 Å². The van der Waals surface area contributed by atoms with E-state index in [0.717, 1.165) is 6.07 Å². The van der Waals surface area contributed by atoms with Crippen LogP contribution in [0, 0.1) is 11.6 Å². The molecule has 0 radical (unpaired) electrons. The Morgan fingerprint density at radius 3 is 2.13 bits per heavy atom. The first-order chi connectivity index (χ1) is 10.8. The van der Waals surface area contributed by atoms with Gasteiger partial charge in [0, 0.05) is 31.1 Å². The van der Waals surface area contributed by atoms with Gasteiger partial charge >= 0.3 is 0 Å². The molecule has 0 saturated heterocycles. The van der Waals surface area contributed by atoms with Gasteiger partial charge in [-0.1, -0.05) is 48.0 Å². The minimum Gasteiger partial charge on any atom is -0.396 e. The van der Waals surface area contributed by atoms with E-state index in [1.165, 1.54) is 6.42 Å². The van der Waals surface area contributed by atoms with Crippen LogP contribution < -0.4 is 5.73 Å². The number of aromatic nitrogens is 2. The van der Waals surface area contributed by atoms with Gasteiger partial charge < -0.3 is 10.3 Å². The Kier molecular flexibility index (Phi) is 9.15. The molecule has 0 spiro atoms. The highest BCUT2D eigenvalue weighted by molar-refractivity contribution is 5.68. The van der Waals surface area contributed by atoms with Crippen molar-refractivity contribution in [2.45, 2.75) is 53.9 Å². The maximum Gasteiger partial charge on any atom is 0.157 e. The van der Waals surface area contributed by atoms with Crippen molar-refractivity contribution in [2.75, 3.05) is 5.73 Å². The van der Waals surface area contributed by atoms with Gasteiger partial charge in [0.25, 0.3) is 0 Å². The van der Waals surface area contributed by atoms with E-state index in [4.69, 9.17) is 5.73 Å². The fourth-order valence-corrected chi connectivity index (χ4v) is 2.05. The monoisotopic (exact) mass is 325 g/mol. The molecule has 5 heteroatoms. The van der Waals surface area contributed by atoms with Crippen molar-refractivity contribution in [1.82, 2.24) is 9.55 Å². The summed E-state index contributed by atoms with van der Waals surface area (Å²) in [6, 6.07) is 1.02. The Balaban J connectivity index is 0.000000868. The van der Waals surface area contributed by atoms with Gasteiger partial charge in [0.15, 0.2) is 5.82 Å². The van der Waals surface area contributed by atoms with Crippen LogP contribution in [-0.4, -0.2) is 9.55 Å². The molecule has 0 saturated carbocycles. The lowest BCUT2D eigenvalue weighted by Gasteiger charge is -2.16. The van der Waals surface area contributed by atoms with Crippen LogP contribution in [0.1, 0.15) is 59.4 Å². The molecule has 0 aliphatic carbocycles. The molecule has 1 aromatic carbocycles. The summed E-state index contributed by atoms with van der Waals surface area (Å²) >= 11 is 0. The molecular weight excluding hydrogens is 296 g/mol. The van der Waals surface area contributed by atoms with Crippen LogP contribution in [0.15, 0.2) is 18.5 Å². The third-order valence-corrected chi connectivity index (χ3v) is 2.90. The molecule has 0 aliphatic rings. The topological polar surface area (TPSA) is 43.8 Å². The second kappa shape index (κ2) is 9.98. The average Bonchev–Trinajstić information content (AvgIpc) is 2.91. The van der Waals surface area contributed by atoms with Crippen LogP contribution >= 0.6 is 0 Å². The van der Waals surface area contributed by atoms with Crippen LogP contribution in [0.5, 0.6) is 0 Å². The van der Waals surface area contributed by atoms with E-state index in [9.17, 15) is 8.78 Å². The van der Waals surface area contributed by atoms with Crippen molar-refractivity contribution in [3.63, 3.8) is 0 Å². The van der Waals surface area contributed by atoms with Crippen molar-refractivity contribution in [2.24, 2.45) is 7.05 Å². The van der Waals surface area contributed by atoms with Gasteiger partial charge in [-0.3, -0.25) is 0 Å². The van der Waals surface area contributed by atoms with E-state index in [0.29, 0.717) is 11.4 Å². The average molecular weight is 325 g/mol. The number of imidazole rings is 1. The molecule has 1 heterocycles. The maximum absolute atomic E-state index is 14.2. The Bertz CT molecular complexity index is 605. The first-order valence-electron chi connectivity index (χ1n) is 8.10. The molecule has 1 aromatic heterocycles. The number of hydrogen-bond acceptors (Lipinski definition) is 2. The quantitative estimate of drug-likeness (QED) is 0.739. The molecule has 23 heavy (non-hydrogen) atoms. The van der Waals surface area contributed by atoms with E-state index in [-0.39, 0.29) is 17.2 Å². The Morgan fingerprint density at radius 1 is 1.22 bits per heavy atom. The molecule has 2 aromatic rings. The fourth-order valence-electron chi connectivity index (χ4n) is 2.05. The smallest absolute Gasteiger partial charge is 0.157 e. The molecular formula is C18H29F2N3. The van der Waals surface area contributed by atoms with Crippen LogP contribution in [0.4, 0.5) is 14.5 Å². The lowest BCUT2D eigenvalue weighted by atomic mass is 9.94. The van der Waals surface area contributed by atoms with Crippen molar-refractivity contribution >= 4 is 5.69 Å². The first kappa shape index (κ1) is 21.1. The highest BCUT2D eigenvalue weighted by Crippen LogP contribution is 2.35. The molecule has 2 rings (SSSR count). The third-order valence-electron chi connectivity index (χ3n) is 2.90. The van der Waals surface area contributed by atoms with Crippen molar-refractivity contribution in [3.8, 4) is 11.4 Å². The summed E-state index contributed by atoms with van der Waals surface area (Å²) in [5.74, 6) is -0.898. The van der Waals surface area contributed by atoms with E-state index >= 15 is 0 Å². The molecule has 2 N–H and O–H groups in total. The summed E-state index contributed by atoms with van der Waals surface area (Å²) in [5, 5.41) is 0. The molecule has 130 valence electrons. The number of rotatable bonds is 2. The van der Waals surface area contributed by atoms with Crippen LogP contribution in [0.25, 0.3) is 11.4 Å².